The molecule has 7 nitrogen and oxygen atoms in total. The predicted molar refractivity (Wildman–Crippen MR) is 94.6 cm³/mol. The van der Waals surface area contributed by atoms with Crippen molar-refractivity contribution in [3.8, 4) is 11.5 Å². The largest absolute Gasteiger partial charge is 0.325 e. The van der Waals surface area contributed by atoms with Crippen molar-refractivity contribution in [1.82, 2.24) is 30.1 Å². The molecular weight excluding hydrogens is 314 g/mol. The Morgan fingerprint density at radius 3 is 2.96 bits per heavy atom. The molecule has 0 aliphatic carbocycles. The van der Waals surface area contributed by atoms with E-state index in [1.165, 1.54) is 0 Å². The van der Waals surface area contributed by atoms with Crippen LogP contribution in [0.4, 0.5) is 11.5 Å². The van der Waals surface area contributed by atoms with E-state index in [4.69, 9.17) is 4.98 Å². The number of nitrogens with one attached hydrogen (secondary N) is 1. The van der Waals surface area contributed by atoms with Crippen LogP contribution < -0.4 is 4.90 Å². The molecule has 0 saturated heterocycles. The van der Waals surface area contributed by atoms with Crippen LogP contribution in [0, 0.1) is 6.92 Å². The maximum absolute atomic E-state index is 4.81. The summed E-state index contributed by atoms with van der Waals surface area (Å²) in [5, 5.41) is 8.02. The number of pyridine rings is 2. The highest BCUT2D eigenvalue weighted by Crippen LogP contribution is 2.36. The number of aryl methyl sites for hydroxylation is 1. The average Bonchev–Trinajstić information content (AvgIpc) is 3.27. The molecule has 0 atom stereocenters. The second kappa shape index (κ2) is 5.34. The lowest BCUT2D eigenvalue weighted by Crippen LogP contribution is -2.15. The van der Waals surface area contributed by atoms with Crippen LogP contribution >= 0.6 is 0 Å². The van der Waals surface area contributed by atoms with E-state index in [2.05, 4.69) is 30.0 Å². The summed E-state index contributed by atoms with van der Waals surface area (Å²) in [7, 11) is 0. The van der Waals surface area contributed by atoms with Gasteiger partial charge in [-0.2, -0.15) is 5.10 Å². The van der Waals surface area contributed by atoms with Crippen LogP contribution in [0.2, 0.25) is 0 Å². The van der Waals surface area contributed by atoms with Crippen molar-refractivity contribution < 1.29 is 0 Å². The van der Waals surface area contributed by atoms with Crippen molar-refractivity contribution in [2.45, 2.75) is 13.3 Å². The van der Waals surface area contributed by atoms with Crippen LogP contribution in [0.3, 0.4) is 0 Å². The van der Waals surface area contributed by atoms with Gasteiger partial charge in [-0.25, -0.2) is 19.9 Å². The number of rotatable bonds is 2. The lowest BCUT2D eigenvalue weighted by Gasteiger charge is -2.19. The zero-order valence-corrected chi connectivity index (χ0v) is 13.6. The number of hydrogen-bond acceptors (Lipinski definition) is 6. The van der Waals surface area contributed by atoms with Crippen molar-refractivity contribution in [1.29, 1.82) is 0 Å². The van der Waals surface area contributed by atoms with Crippen molar-refractivity contribution in [2.24, 2.45) is 0 Å². The van der Waals surface area contributed by atoms with E-state index in [0.29, 0.717) is 5.82 Å². The van der Waals surface area contributed by atoms with Gasteiger partial charge in [0, 0.05) is 30.2 Å². The van der Waals surface area contributed by atoms with Gasteiger partial charge in [0.2, 0.25) is 0 Å². The number of fused-ring (bicyclic) bond motifs is 2. The lowest BCUT2D eigenvalue weighted by molar-refractivity contribution is 0.993. The first-order chi connectivity index (χ1) is 12.3. The first kappa shape index (κ1) is 14.0. The monoisotopic (exact) mass is 329 g/mol. The van der Waals surface area contributed by atoms with Gasteiger partial charge in [-0.05, 0) is 31.5 Å². The quantitative estimate of drug-likeness (QED) is 0.609. The van der Waals surface area contributed by atoms with Crippen LogP contribution in [0.5, 0.6) is 0 Å². The molecule has 1 aliphatic heterocycles. The van der Waals surface area contributed by atoms with Crippen molar-refractivity contribution >= 4 is 22.5 Å². The number of aromatic nitrogens is 6. The molecule has 0 aromatic carbocycles. The standard InChI is InChI=1S/C18H15N7/c1-11-3-2-4-14(22-11)17-20-9-12-6-8-25(18(12)23-17)15-5-7-19-16-13(15)10-21-24-16/h2-5,7,9-10H,6,8H2,1H3,(H,19,21,24). The zero-order chi connectivity index (χ0) is 16.8. The smallest absolute Gasteiger partial charge is 0.180 e. The summed E-state index contributed by atoms with van der Waals surface area (Å²) in [6.07, 6.45) is 6.42. The molecule has 4 aromatic heterocycles. The van der Waals surface area contributed by atoms with Gasteiger partial charge < -0.3 is 4.90 Å². The van der Waals surface area contributed by atoms with Gasteiger partial charge in [0.25, 0.3) is 0 Å². The molecule has 1 N–H and O–H groups in total. The molecule has 25 heavy (non-hydrogen) atoms. The molecule has 7 heteroatoms. The lowest BCUT2D eigenvalue weighted by atomic mass is 10.2. The van der Waals surface area contributed by atoms with Gasteiger partial charge in [-0.1, -0.05) is 6.07 Å². The van der Waals surface area contributed by atoms with Gasteiger partial charge in [-0.15, -0.1) is 0 Å². The molecule has 0 bridgehead atoms. The van der Waals surface area contributed by atoms with E-state index in [9.17, 15) is 0 Å². The van der Waals surface area contributed by atoms with E-state index in [-0.39, 0.29) is 0 Å². The number of hydrogen-bond donors (Lipinski definition) is 1. The highest BCUT2D eigenvalue weighted by atomic mass is 15.2. The first-order valence-electron chi connectivity index (χ1n) is 8.15. The number of nitrogens with zero attached hydrogens (tertiary/aromatic N) is 6. The van der Waals surface area contributed by atoms with Crippen LogP contribution in [-0.2, 0) is 6.42 Å². The highest BCUT2D eigenvalue weighted by molar-refractivity contribution is 5.91. The average molecular weight is 329 g/mol. The fraction of sp³-hybridized carbons (Fsp3) is 0.167. The molecule has 5 heterocycles. The summed E-state index contributed by atoms with van der Waals surface area (Å²) in [4.78, 5) is 20.4. The minimum Gasteiger partial charge on any atom is -0.325 e. The van der Waals surface area contributed by atoms with E-state index >= 15 is 0 Å². The third-order valence-electron chi connectivity index (χ3n) is 4.44. The summed E-state index contributed by atoms with van der Waals surface area (Å²) < 4.78 is 0. The predicted octanol–water partition coefficient (Wildman–Crippen LogP) is 2.81. The van der Waals surface area contributed by atoms with E-state index in [1.807, 2.05) is 37.4 Å². The molecule has 1 aliphatic rings. The maximum atomic E-state index is 4.81. The van der Waals surface area contributed by atoms with Gasteiger partial charge >= 0.3 is 0 Å². The van der Waals surface area contributed by atoms with Crippen molar-refractivity contribution in [3.63, 3.8) is 0 Å². The Kier molecular flexibility index (Phi) is 3.00. The summed E-state index contributed by atoms with van der Waals surface area (Å²) >= 11 is 0. The maximum Gasteiger partial charge on any atom is 0.180 e. The summed E-state index contributed by atoms with van der Waals surface area (Å²) in [6.45, 7) is 2.83. The summed E-state index contributed by atoms with van der Waals surface area (Å²) in [5.41, 5.74) is 4.72. The normalized spacial score (nSPS) is 13.4. The van der Waals surface area contributed by atoms with E-state index < -0.39 is 0 Å². The highest BCUT2D eigenvalue weighted by Gasteiger charge is 2.25. The molecule has 0 unspecified atom stereocenters. The Hall–Kier alpha value is -3.35. The van der Waals surface area contributed by atoms with Crippen LogP contribution in [0.15, 0.2) is 42.9 Å². The molecule has 0 amide bonds. The second-order valence-electron chi connectivity index (χ2n) is 6.07. The molecule has 0 saturated carbocycles. The zero-order valence-electron chi connectivity index (χ0n) is 13.6. The van der Waals surface area contributed by atoms with Crippen LogP contribution in [0.25, 0.3) is 22.6 Å². The van der Waals surface area contributed by atoms with Gasteiger partial charge in [-0.3, -0.25) is 5.10 Å². The molecule has 0 radical (unpaired) electrons. The third-order valence-corrected chi connectivity index (χ3v) is 4.44. The Bertz CT molecular complexity index is 1090. The number of aromatic amines is 1. The van der Waals surface area contributed by atoms with E-state index in [0.717, 1.165) is 52.5 Å². The Morgan fingerprint density at radius 1 is 1.08 bits per heavy atom. The second-order valence-corrected chi connectivity index (χ2v) is 6.07. The Labute approximate surface area is 143 Å². The third kappa shape index (κ3) is 2.24. The molecule has 5 rings (SSSR count). The van der Waals surface area contributed by atoms with Crippen LogP contribution in [0.1, 0.15) is 11.3 Å². The van der Waals surface area contributed by atoms with E-state index in [1.54, 1.807) is 12.4 Å². The fourth-order valence-corrected chi connectivity index (χ4v) is 3.24. The molecular formula is C18H15N7. The topological polar surface area (TPSA) is 83.5 Å². The molecule has 122 valence electrons. The summed E-state index contributed by atoms with van der Waals surface area (Å²) in [5.74, 6) is 1.58. The molecule has 4 aromatic rings. The molecule has 0 fully saturated rings. The van der Waals surface area contributed by atoms with Gasteiger partial charge in [0.1, 0.15) is 11.5 Å². The van der Waals surface area contributed by atoms with Crippen molar-refractivity contribution in [3.05, 3.63) is 54.1 Å². The number of anilines is 2. The Morgan fingerprint density at radius 2 is 2.04 bits per heavy atom. The van der Waals surface area contributed by atoms with Crippen molar-refractivity contribution in [2.75, 3.05) is 11.4 Å². The molecule has 0 spiro atoms. The first-order valence-corrected chi connectivity index (χ1v) is 8.15. The fourth-order valence-electron chi connectivity index (χ4n) is 3.24. The SMILES string of the molecule is Cc1cccc(-c2ncc3c(n2)N(c2ccnc4[nH]ncc24)CC3)n1. The van der Waals surface area contributed by atoms with Gasteiger partial charge in [0.15, 0.2) is 11.5 Å². The van der Waals surface area contributed by atoms with Crippen LogP contribution in [-0.4, -0.2) is 36.7 Å². The van der Waals surface area contributed by atoms with Gasteiger partial charge in [0.05, 0.1) is 17.3 Å². The number of H-pyrrole nitrogens is 1. The Balaban J connectivity index is 1.64. The minimum absolute atomic E-state index is 0.645. The minimum atomic E-state index is 0.645. The summed E-state index contributed by atoms with van der Waals surface area (Å²) in [6, 6.07) is 7.88.